The van der Waals surface area contributed by atoms with Crippen LogP contribution in [0.3, 0.4) is 0 Å². The van der Waals surface area contributed by atoms with E-state index in [-0.39, 0.29) is 12.4 Å². The van der Waals surface area contributed by atoms with Gasteiger partial charge in [0.05, 0.1) is 10.7 Å². The smallest absolute Gasteiger partial charge is 0.413 e. The number of ether oxygens (including phenoxy) is 1. The summed E-state index contributed by atoms with van der Waals surface area (Å²) in [5.74, 6) is -0.815. The zero-order valence-electron chi connectivity index (χ0n) is 10.2. The van der Waals surface area contributed by atoms with Gasteiger partial charge in [-0.25, -0.2) is 9.48 Å². The summed E-state index contributed by atoms with van der Waals surface area (Å²) in [5.41, 5.74) is -0.631. The van der Waals surface area contributed by atoms with Crippen molar-refractivity contribution in [1.29, 1.82) is 0 Å². The van der Waals surface area contributed by atoms with Crippen LogP contribution in [0.1, 0.15) is 20.8 Å². The summed E-state index contributed by atoms with van der Waals surface area (Å²) < 4.78 is 6.70. The predicted molar refractivity (Wildman–Crippen MR) is 67.4 cm³/mol. The number of hydrogen-bond donors (Lipinski definition) is 2. The molecule has 18 heavy (non-hydrogen) atoms. The minimum Gasteiger partial charge on any atom is -0.480 e. The average Bonchev–Trinajstić information content (AvgIpc) is 2.46. The number of carbonyl (C=O) groups is 2. The quantitative estimate of drug-likeness (QED) is 0.889. The Bertz CT molecular complexity index is 464. The van der Waals surface area contributed by atoms with Gasteiger partial charge in [-0.1, -0.05) is 0 Å². The van der Waals surface area contributed by atoms with Crippen LogP contribution in [-0.2, 0) is 16.1 Å². The second-order valence-electron chi connectivity index (χ2n) is 4.52. The molecular formula is C10H14BrN3O4. The van der Waals surface area contributed by atoms with Gasteiger partial charge >= 0.3 is 12.1 Å². The molecule has 0 saturated heterocycles. The Hall–Kier alpha value is -1.57. The number of carboxylic acid groups (broad SMARTS) is 1. The van der Waals surface area contributed by atoms with Crippen molar-refractivity contribution in [2.45, 2.75) is 32.9 Å². The van der Waals surface area contributed by atoms with Crippen LogP contribution in [0.15, 0.2) is 10.7 Å². The fourth-order valence-electron chi connectivity index (χ4n) is 1.14. The molecule has 0 radical (unpaired) electrons. The maximum absolute atomic E-state index is 11.6. The molecule has 0 unspecified atom stereocenters. The predicted octanol–water partition coefficient (Wildman–Crippen LogP) is 2.08. The second-order valence-corrected chi connectivity index (χ2v) is 5.37. The molecule has 8 heteroatoms. The minimum absolute atomic E-state index is 0.242. The second kappa shape index (κ2) is 5.38. The molecule has 1 rings (SSSR count). The van der Waals surface area contributed by atoms with Crippen molar-refractivity contribution in [2.75, 3.05) is 5.32 Å². The van der Waals surface area contributed by atoms with Gasteiger partial charge in [-0.3, -0.25) is 10.1 Å². The topological polar surface area (TPSA) is 93.5 Å². The maximum Gasteiger partial charge on any atom is 0.413 e. The van der Waals surface area contributed by atoms with Gasteiger partial charge in [-0.2, -0.15) is 5.10 Å². The molecule has 0 aliphatic heterocycles. The van der Waals surface area contributed by atoms with Crippen molar-refractivity contribution in [3.05, 3.63) is 10.7 Å². The number of amides is 1. The van der Waals surface area contributed by atoms with Crippen molar-refractivity contribution in [3.8, 4) is 0 Å². The number of halogens is 1. The standard InChI is InChI=1S/C10H14BrN3O4/c1-10(2,3)18-9(17)13-8-6(11)4-12-14(8)5-7(15)16/h4H,5H2,1-3H3,(H,13,17)(H,15,16). The number of nitrogens with zero attached hydrogens (tertiary/aromatic N) is 2. The van der Waals surface area contributed by atoms with E-state index in [1.165, 1.54) is 6.20 Å². The van der Waals surface area contributed by atoms with E-state index in [4.69, 9.17) is 9.84 Å². The first-order chi connectivity index (χ1) is 8.19. The lowest BCUT2D eigenvalue weighted by atomic mass is 10.2. The molecule has 0 atom stereocenters. The lowest BCUT2D eigenvalue weighted by molar-refractivity contribution is -0.137. The van der Waals surface area contributed by atoms with Gasteiger partial charge in [0.25, 0.3) is 0 Å². The van der Waals surface area contributed by atoms with Crippen LogP contribution in [-0.4, -0.2) is 32.6 Å². The zero-order valence-corrected chi connectivity index (χ0v) is 11.8. The third-order valence-electron chi connectivity index (χ3n) is 1.70. The van der Waals surface area contributed by atoms with Crippen molar-refractivity contribution >= 4 is 33.8 Å². The van der Waals surface area contributed by atoms with Gasteiger partial charge < -0.3 is 9.84 Å². The molecule has 0 saturated carbocycles. The molecule has 100 valence electrons. The van der Waals surface area contributed by atoms with Gasteiger partial charge in [-0.15, -0.1) is 0 Å². The lowest BCUT2D eigenvalue weighted by Gasteiger charge is -2.19. The van der Waals surface area contributed by atoms with Gasteiger partial charge in [0.1, 0.15) is 18.0 Å². The number of rotatable bonds is 3. The number of nitrogens with one attached hydrogen (secondary N) is 1. The van der Waals surface area contributed by atoms with E-state index in [0.717, 1.165) is 4.68 Å². The number of aromatic nitrogens is 2. The lowest BCUT2D eigenvalue weighted by Crippen LogP contribution is -2.28. The van der Waals surface area contributed by atoms with Gasteiger partial charge in [0, 0.05) is 0 Å². The molecule has 7 nitrogen and oxygen atoms in total. The van der Waals surface area contributed by atoms with E-state index in [1.54, 1.807) is 20.8 Å². The Labute approximate surface area is 112 Å². The summed E-state index contributed by atoms with van der Waals surface area (Å²) in [6.45, 7) is 4.85. The molecule has 1 heterocycles. The number of carboxylic acids is 1. The largest absolute Gasteiger partial charge is 0.480 e. The first-order valence-corrected chi connectivity index (χ1v) is 5.91. The molecule has 1 aromatic heterocycles. The molecule has 0 fully saturated rings. The minimum atomic E-state index is -1.06. The third-order valence-corrected chi connectivity index (χ3v) is 2.28. The molecule has 0 aliphatic rings. The molecule has 1 amide bonds. The van der Waals surface area contributed by atoms with Crippen LogP contribution < -0.4 is 5.32 Å². The van der Waals surface area contributed by atoms with Crippen LogP contribution >= 0.6 is 15.9 Å². The highest BCUT2D eigenvalue weighted by molar-refractivity contribution is 9.10. The molecular weight excluding hydrogens is 306 g/mol. The number of carbonyl (C=O) groups excluding carboxylic acids is 1. The monoisotopic (exact) mass is 319 g/mol. The van der Waals surface area contributed by atoms with E-state index < -0.39 is 17.7 Å². The van der Waals surface area contributed by atoms with E-state index >= 15 is 0 Å². The Balaban J connectivity index is 2.80. The molecule has 2 N–H and O–H groups in total. The fraction of sp³-hybridized carbons (Fsp3) is 0.500. The Kier molecular flexibility index (Phi) is 4.33. The van der Waals surface area contributed by atoms with Gasteiger partial charge in [0.15, 0.2) is 0 Å². The van der Waals surface area contributed by atoms with Crippen molar-refractivity contribution < 1.29 is 19.4 Å². The summed E-state index contributed by atoms with van der Waals surface area (Å²) in [5, 5.41) is 15.0. The van der Waals surface area contributed by atoms with E-state index in [2.05, 4.69) is 26.3 Å². The molecule has 0 aromatic carbocycles. The molecule has 1 aromatic rings. The Morgan fingerprint density at radius 1 is 1.56 bits per heavy atom. The van der Waals surface area contributed by atoms with Crippen LogP contribution in [0.25, 0.3) is 0 Å². The summed E-state index contributed by atoms with van der Waals surface area (Å²) in [6, 6.07) is 0. The first-order valence-electron chi connectivity index (χ1n) is 5.12. The maximum atomic E-state index is 11.6. The third kappa shape index (κ3) is 4.36. The summed E-state index contributed by atoms with van der Waals surface area (Å²) in [4.78, 5) is 22.2. The molecule has 0 aliphatic carbocycles. The van der Waals surface area contributed by atoms with Gasteiger partial charge in [-0.05, 0) is 36.7 Å². The van der Waals surface area contributed by atoms with Gasteiger partial charge in [0.2, 0.25) is 0 Å². The zero-order chi connectivity index (χ0) is 13.9. The molecule has 0 spiro atoms. The fourth-order valence-corrected chi connectivity index (χ4v) is 1.53. The van der Waals surface area contributed by atoms with E-state index in [1.807, 2.05) is 0 Å². The van der Waals surface area contributed by atoms with Crippen LogP contribution in [0.2, 0.25) is 0 Å². The van der Waals surface area contributed by atoms with E-state index in [9.17, 15) is 9.59 Å². The molecule has 0 bridgehead atoms. The van der Waals surface area contributed by atoms with Crippen molar-refractivity contribution in [1.82, 2.24) is 9.78 Å². The first kappa shape index (κ1) is 14.5. The van der Waals surface area contributed by atoms with Crippen LogP contribution in [0.5, 0.6) is 0 Å². The highest BCUT2D eigenvalue weighted by Gasteiger charge is 2.19. The number of aliphatic carboxylic acids is 1. The van der Waals surface area contributed by atoms with Crippen molar-refractivity contribution in [2.24, 2.45) is 0 Å². The van der Waals surface area contributed by atoms with Crippen molar-refractivity contribution in [3.63, 3.8) is 0 Å². The van der Waals surface area contributed by atoms with Crippen LogP contribution in [0.4, 0.5) is 10.6 Å². The summed E-state index contributed by atoms with van der Waals surface area (Å²) >= 11 is 3.17. The summed E-state index contributed by atoms with van der Waals surface area (Å²) in [6.07, 6.45) is 0.727. The van der Waals surface area contributed by atoms with E-state index in [0.29, 0.717) is 4.47 Å². The number of anilines is 1. The normalized spacial score (nSPS) is 11.1. The van der Waals surface area contributed by atoms with Crippen LogP contribution in [0, 0.1) is 0 Å². The highest BCUT2D eigenvalue weighted by Crippen LogP contribution is 2.22. The average molecular weight is 320 g/mol. The Morgan fingerprint density at radius 2 is 2.17 bits per heavy atom. The highest BCUT2D eigenvalue weighted by atomic mass is 79.9. The summed E-state index contributed by atoms with van der Waals surface area (Å²) in [7, 11) is 0. The Morgan fingerprint density at radius 3 is 2.67 bits per heavy atom. The number of hydrogen-bond acceptors (Lipinski definition) is 4. The SMILES string of the molecule is CC(C)(C)OC(=O)Nc1c(Br)cnn1CC(=O)O.